The smallest absolute Gasteiger partial charge is 0.258 e. The number of hydrogen-bond acceptors (Lipinski definition) is 5. The van der Waals surface area contributed by atoms with Crippen LogP contribution in [-0.2, 0) is 9.59 Å². The minimum atomic E-state index is -0.592. The Bertz CT molecular complexity index is 816. The molecule has 2 unspecified atom stereocenters. The first-order valence-electron chi connectivity index (χ1n) is 9.87. The van der Waals surface area contributed by atoms with Crippen molar-refractivity contribution in [2.24, 2.45) is 5.41 Å². The molecule has 29 heavy (non-hydrogen) atoms. The summed E-state index contributed by atoms with van der Waals surface area (Å²) < 4.78 is 18.7. The van der Waals surface area contributed by atoms with Gasteiger partial charge in [0.1, 0.15) is 11.6 Å². The molecule has 1 aromatic rings. The van der Waals surface area contributed by atoms with Crippen molar-refractivity contribution in [3.63, 3.8) is 0 Å². The molecule has 2 bridgehead atoms. The van der Waals surface area contributed by atoms with Crippen LogP contribution in [0.4, 0.5) is 4.39 Å². The van der Waals surface area contributed by atoms with Gasteiger partial charge in [-0.15, -0.1) is 0 Å². The zero-order chi connectivity index (χ0) is 20.8. The summed E-state index contributed by atoms with van der Waals surface area (Å²) in [7, 11) is 1.99. The Morgan fingerprint density at radius 2 is 2.10 bits per heavy atom. The number of amides is 2. The van der Waals surface area contributed by atoms with Crippen molar-refractivity contribution in [3.8, 4) is 5.75 Å². The molecule has 2 amide bonds. The highest BCUT2D eigenvalue weighted by Gasteiger charge is 2.72. The first kappa shape index (κ1) is 20.4. The lowest BCUT2D eigenvalue weighted by atomic mass is 9.39. The van der Waals surface area contributed by atoms with Gasteiger partial charge < -0.3 is 15.4 Å². The van der Waals surface area contributed by atoms with Crippen LogP contribution in [0, 0.1) is 11.2 Å². The first-order valence-corrected chi connectivity index (χ1v) is 10.2. The molecule has 7 nitrogen and oxygen atoms in total. The molecule has 1 aromatic carbocycles. The number of carbonyl (C=O) groups excluding carboxylic acids is 2. The maximum atomic E-state index is 13.4. The van der Waals surface area contributed by atoms with Crippen molar-refractivity contribution in [1.82, 2.24) is 21.1 Å². The Labute approximate surface area is 174 Å². The minimum Gasteiger partial charge on any atom is -0.484 e. The molecule has 0 spiro atoms. The van der Waals surface area contributed by atoms with Crippen LogP contribution in [-0.4, -0.2) is 54.6 Å². The molecule has 3 saturated carbocycles. The van der Waals surface area contributed by atoms with Crippen LogP contribution >= 0.6 is 11.6 Å². The number of rotatable bonds is 7. The number of likely N-dealkylation sites (N-methyl/N-ethyl adjacent to an activating group) is 1. The number of hydrazine groups is 1. The minimum absolute atomic E-state index is 0.00425. The Morgan fingerprint density at radius 1 is 1.38 bits per heavy atom. The predicted octanol–water partition coefficient (Wildman–Crippen LogP) is 1.61. The highest BCUT2D eigenvalue weighted by Crippen LogP contribution is 2.67. The molecule has 9 heteroatoms. The van der Waals surface area contributed by atoms with E-state index in [2.05, 4.69) is 28.0 Å². The van der Waals surface area contributed by atoms with E-state index in [1.54, 1.807) is 0 Å². The summed E-state index contributed by atoms with van der Waals surface area (Å²) in [5.74, 6) is -0.543. The van der Waals surface area contributed by atoms with Crippen molar-refractivity contribution in [1.29, 1.82) is 0 Å². The molecule has 1 aliphatic heterocycles. The Hall–Kier alpha value is -1.90. The van der Waals surface area contributed by atoms with Gasteiger partial charge in [-0.05, 0) is 44.7 Å². The molecule has 3 N–H and O–H groups in total. The summed E-state index contributed by atoms with van der Waals surface area (Å²) >= 11 is 5.63. The molecule has 158 valence electrons. The van der Waals surface area contributed by atoms with Crippen LogP contribution < -0.4 is 20.8 Å². The average Bonchev–Trinajstić information content (AvgIpc) is 2.93. The number of hydrogen-bond donors (Lipinski definition) is 3. The third kappa shape index (κ3) is 3.93. The molecule has 2 atom stereocenters. The molecule has 4 fully saturated rings. The van der Waals surface area contributed by atoms with Gasteiger partial charge in [0.2, 0.25) is 5.91 Å². The third-order valence-electron chi connectivity index (χ3n) is 6.27. The normalized spacial score (nSPS) is 32.8. The molecular weight excluding hydrogens is 399 g/mol. The van der Waals surface area contributed by atoms with Crippen molar-refractivity contribution in [2.75, 3.05) is 20.2 Å². The predicted molar refractivity (Wildman–Crippen MR) is 106 cm³/mol. The molecule has 0 radical (unpaired) electrons. The van der Waals surface area contributed by atoms with E-state index in [4.69, 9.17) is 16.3 Å². The summed E-state index contributed by atoms with van der Waals surface area (Å²) in [4.78, 5) is 24.8. The zero-order valence-electron chi connectivity index (χ0n) is 16.6. The Balaban J connectivity index is 1.19. The van der Waals surface area contributed by atoms with E-state index in [0.717, 1.165) is 12.5 Å². The zero-order valence-corrected chi connectivity index (χ0v) is 17.3. The quantitative estimate of drug-likeness (QED) is 0.619. The van der Waals surface area contributed by atoms with E-state index in [0.29, 0.717) is 37.9 Å². The van der Waals surface area contributed by atoms with Gasteiger partial charge in [0.15, 0.2) is 6.61 Å². The summed E-state index contributed by atoms with van der Waals surface area (Å²) in [6.07, 6.45) is 2.97. The summed E-state index contributed by atoms with van der Waals surface area (Å²) in [5.41, 5.74) is 2.67. The van der Waals surface area contributed by atoms with Crippen molar-refractivity contribution < 1.29 is 18.7 Å². The van der Waals surface area contributed by atoms with E-state index >= 15 is 0 Å². The maximum absolute atomic E-state index is 13.4. The summed E-state index contributed by atoms with van der Waals surface area (Å²) in [6.45, 7) is 2.54. The fourth-order valence-corrected chi connectivity index (χ4v) is 5.02. The number of benzene rings is 1. The second kappa shape index (κ2) is 7.41. The van der Waals surface area contributed by atoms with Crippen molar-refractivity contribution in [3.05, 3.63) is 29.0 Å². The van der Waals surface area contributed by atoms with Gasteiger partial charge in [-0.25, -0.2) is 9.40 Å². The second-order valence-electron chi connectivity index (χ2n) is 8.74. The highest BCUT2D eigenvalue weighted by molar-refractivity contribution is 6.30. The van der Waals surface area contributed by atoms with Gasteiger partial charge >= 0.3 is 0 Å². The van der Waals surface area contributed by atoms with Crippen LogP contribution in [0.1, 0.15) is 32.6 Å². The Morgan fingerprint density at radius 3 is 2.72 bits per heavy atom. The van der Waals surface area contributed by atoms with Gasteiger partial charge in [0.05, 0.1) is 10.4 Å². The van der Waals surface area contributed by atoms with Crippen LogP contribution in [0.5, 0.6) is 5.75 Å². The third-order valence-corrected chi connectivity index (χ3v) is 6.58. The maximum Gasteiger partial charge on any atom is 0.258 e. The first-order chi connectivity index (χ1) is 13.7. The van der Waals surface area contributed by atoms with E-state index in [-0.39, 0.29) is 40.1 Å². The molecule has 5 rings (SSSR count). The van der Waals surface area contributed by atoms with Crippen LogP contribution in [0.3, 0.4) is 0 Å². The van der Waals surface area contributed by atoms with Gasteiger partial charge in [-0.3, -0.25) is 15.0 Å². The number of nitrogens with zero attached hydrogens (tertiary/aromatic N) is 1. The average molecular weight is 425 g/mol. The van der Waals surface area contributed by atoms with Gasteiger partial charge in [-0.2, -0.15) is 0 Å². The topological polar surface area (TPSA) is 82.7 Å². The van der Waals surface area contributed by atoms with Crippen molar-refractivity contribution in [2.45, 2.75) is 50.2 Å². The Kier molecular flexibility index (Phi) is 5.21. The monoisotopic (exact) mass is 424 g/mol. The van der Waals surface area contributed by atoms with Crippen LogP contribution in [0.15, 0.2) is 18.2 Å². The summed E-state index contributed by atoms with van der Waals surface area (Å²) in [5, 5.41) is 8.10. The number of ether oxygens (including phenoxy) is 1. The molecule has 4 aliphatic rings. The van der Waals surface area contributed by atoms with Crippen LogP contribution in [0.25, 0.3) is 0 Å². The standard InChI is InChI=1S/C20H26ClFN4O3/c1-12-5-13(26(2)25-12)7-23-18(28)19-9-20(10-19,11-19)24-17(27)8-29-14-3-4-15(21)16(22)6-14/h3-4,6,12-13,25H,5,7-11H2,1-2H3,(H,23,28)(H,24,27). The summed E-state index contributed by atoms with van der Waals surface area (Å²) in [6, 6.07) is 4.76. The fourth-order valence-electron chi connectivity index (χ4n) is 4.90. The molecular formula is C20H26ClFN4O3. The van der Waals surface area contributed by atoms with Gasteiger partial charge in [0.25, 0.3) is 5.91 Å². The second-order valence-corrected chi connectivity index (χ2v) is 9.15. The van der Waals surface area contributed by atoms with E-state index in [1.807, 2.05) is 7.05 Å². The van der Waals surface area contributed by atoms with Gasteiger partial charge in [0, 0.05) is 37.3 Å². The van der Waals surface area contributed by atoms with Gasteiger partial charge in [-0.1, -0.05) is 11.6 Å². The molecule has 3 aliphatic carbocycles. The van der Waals surface area contributed by atoms with Crippen molar-refractivity contribution >= 4 is 23.4 Å². The number of carbonyl (C=O) groups is 2. The molecule has 0 aromatic heterocycles. The lowest BCUT2D eigenvalue weighted by Crippen LogP contribution is -2.78. The SMILES string of the molecule is CC1CC(CNC(=O)C23CC(NC(=O)COc4ccc(Cl)c(F)c4)(C2)C3)N(C)N1. The number of halogens is 2. The molecule has 1 saturated heterocycles. The number of nitrogens with one attached hydrogen (secondary N) is 3. The lowest BCUT2D eigenvalue weighted by molar-refractivity contribution is -0.184. The fraction of sp³-hybridized carbons (Fsp3) is 0.600. The molecule has 1 heterocycles. The lowest BCUT2D eigenvalue weighted by Gasteiger charge is -2.69. The van der Waals surface area contributed by atoms with E-state index in [9.17, 15) is 14.0 Å². The largest absolute Gasteiger partial charge is 0.484 e. The van der Waals surface area contributed by atoms with Crippen LogP contribution in [0.2, 0.25) is 5.02 Å². The highest BCUT2D eigenvalue weighted by atomic mass is 35.5. The van der Waals surface area contributed by atoms with E-state index in [1.165, 1.54) is 12.1 Å². The van der Waals surface area contributed by atoms with E-state index < -0.39 is 5.82 Å².